The zero-order valence-electron chi connectivity index (χ0n) is 15.2. The van der Waals surface area contributed by atoms with Gasteiger partial charge in [-0.15, -0.1) is 0 Å². The van der Waals surface area contributed by atoms with Crippen LogP contribution in [0.5, 0.6) is 0 Å². The Balaban J connectivity index is 1.90. The van der Waals surface area contributed by atoms with Gasteiger partial charge in [0.2, 0.25) is 0 Å². The number of amides is 1. The first kappa shape index (κ1) is 17.4. The molecular formula is C21H18N6O. The smallest absolute Gasteiger partial charge is 0.250 e. The minimum atomic E-state index is -0.508. The summed E-state index contributed by atoms with van der Waals surface area (Å²) in [4.78, 5) is 25.3. The highest BCUT2D eigenvalue weighted by atomic mass is 16.1. The predicted octanol–water partition coefficient (Wildman–Crippen LogP) is 3.58. The number of carbonyl (C=O) groups excluding carboxylic acids is 1. The third-order valence-corrected chi connectivity index (χ3v) is 4.35. The van der Waals surface area contributed by atoms with Crippen LogP contribution in [0.3, 0.4) is 0 Å². The Morgan fingerprint density at radius 3 is 2.64 bits per heavy atom. The molecule has 0 aliphatic heterocycles. The van der Waals surface area contributed by atoms with Gasteiger partial charge in [0.05, 0.1) is 16.8 Å². The van der Waals surface area contributed by atoms with E-state index in [1.165, 1.54) is 0 Å². The fraction of sp³-hybridized carbons (Fsp3) is 0.0476. The van der Waals surface area contributed by atoms with Crippen molar-refractivity contribution in [2.45, 2.75) is 0 Å². The number of primary amides is 1. The molecule has 2 heterocycles. The summed E-state index contributed by atoms with van der Waals surface area (Å²) in [5.74, 6) is 0.611. The third-order valence-electron chi connectivity index (χ3n) is 4.35. The lowest BCUT2D eigenvalue weighted by Gasteiger charge is -2.13. The first-order chi connectivity index (χ1) is 13.7. The van der Waals surface area contributed by atoms with Crippen molar-refractivity contribution in [3.05, 3.63) is 72.6 Å². The van der Waals surface area contributed by atoms with E-state index in [4.69, 9.17) is 10.7 Å². The normalized spacial score (nSPS) is 10.6. The number of fused-ring (bicyclic) bond motifs is 1. The van der Waals surface area contributed by atoms with E-state index in [9.17, 15) is 4.79 Å². The molecular weight excluding hydrogens is 352 g/mol. The van der Waals surface area contributed by atoms with Gasteiger partial charge in [-0.3, -0.25) is 9.78 Å². The Hall–Kier alpha value is -4.00. The number of carbonyl (C=O) groups is 1. The van der Waals surface area contributed by atoms with E-state index in [0.29, 0.717) is 22.9 Å². The highest BCUT2D eigenvalue weighted by molar-refractivity contribution is 6.01. The van der Waals surface area contributed by atoms with Crippen LogP contribution in [0.1, 0.15) is 10.4 Å². The molecule has 2 aromatic carbocycles. The lowest BCUT2D eigenvalue weighted by atomic mass is 10.1. The highest BCUT2D eigenvalue weighted by Crippen LogP contribution is 2.29. The van der Waals surface area contributed by atoms with Crippen LogP contribution >= 0.6 is 0 Å². The summed E-state index contributed by atoms with van der Waals surface area (Å²) in [6.07, 6.45) is 3.41. The maximum absolute atomic E-state index is 11.8. The highest BCUT2D eigenvalue weighted by Gasteiger charge is 2.13. The molecule has 4 aromatic rings. The molecule has 4 rings (SSSR count). The van der Waals surface area contributed by atoms with Crippen molar-refractivity contribution >= 4 is 34.0 Å². The van der Waals surface area contributed by atoms with Gasteiger partial charge in [-0.2, -0.15) is 0 Å². The zero-order chi connectivity index (χ0) is 19.5. The molecule has 2 aromatic heterocycles. The number of pyridine rings is 1. The molecule has 4 N–H and O–H groups in total. The van der Waals surface area contributed by atoms with Crippen molar-refractivity contribution in [2.75, 3.05) is 17.7 Å². The first-order valence-corrected chi connectivity index (χ1v) is 8.71. The van der Waals surface area contributed by atoms with E-state index in [2.05, 4.69) is 20.6 Å². The van der Waals surface area contributed by atoms with Gasteiger partial charge in [0.25, 0.3) is 5.91 Å². The molecule has 7 heteroatoms. The molecule has 28 heavy (non-hydrogen) atoms. The largest absolute Gasteiger partial charge is 0.388 e. The Morgan fingerprint density at radius 2 is 1.89 bits per heavy atom. The molecule has 1 amide bonds. The molecule has 0 spiro atoms. The second-order valence-corrected chi connectivity index (χ2v) is 6.15. The van der Waals surface area contributed by atoms with Crippen LogP contribution in [0.25, 0.3) is 22.3 Å². The van der Waals surface area contributed by atoms with Gasteiger partial charge in [0, 0.05) is 36.1 Å². The van der Waals surface area contributed by atoms with Crippen molar-refractivity contribution in [3.63, 3.8) is 0 Å². The monoisotopic (exact) mass is 370 g/mol. The summed E-state index contributed by atoms with van der Waals surface area (Å²) in [7, 11) is 1.85. The topological polar surface area (TPSA) is 106 Å². The number of nitrogens with two attached hydrogens (primary N) is 1. The van der Waals surface area contributed by atoms with Crippen molar-refractivity contribution in [2.24, 2.45) is 5.73 Å². The van der Waals surface area contributed by atoms with E-state index in [1.54, 1.807) is 30.6 Å². The SMILES string of the molecule is CNc1ccc2c(Nc3ccccc3C(N)=O)nc(-c3cccnc3)nc2c1. The molecule has 0 aliphatic carbocycles. The first-order valence-electron chi connectivity index (χ1n) is 8.71. The summed E-state index contributed by atoms with van der Waals surface area (Å²) in [6.45, 7) is 0. The van der Waals surface area contributed by atoms with E-state index in [-0.39, 0.29) is 0 Å². The average Bonchev–Trinajstić information content (AvgIpc) is 2.74. The fourth-order valence-electron chi connectivity index (χ4n) is 2.94. The maximum Gasteiger partial charge on any atom is 0.250 e. The summed E-state index contributed by atoms with van der Waals surface area (Å²) in [5, 5.41) is 7.19. The molecule has 0 fully saturated rings. The van der Waals surface area contributed by atoms with Crippen molar-refractivity contribution in [1.82, 2.24) is 15.0 Å². The van der Waals surface area contributed by atoms with E-state index in [0.717, 1.165) is 22.2 Å². The van der Waals surface area contributed by atoms with Crippen LogP contribution in [0, 0.1) is 0 Å². The minimum Gasteiger partial charge on any atom is -0.388 e. The van der Waals surface area contributed by atoms with E-state index in [1.807, 2.05) is 43.4 Å². The standard InChI is InChI=1S/C21H18N6O/c1-23-14-8-9-16-18(11-14)26-20(13-5-4-10-24-12-13)27-21(16)25-17-7-3-2-6-15(17)19(22)28/h2-12,23H,1H3,(H2,22,28)(H,25,26,27). The number of para-hydroxylation sites is 1. The molecule has 0 atom stereocenters. The summed E-state index contributed by atoms with van der Waals surface area (Å²) < 4.78 is 0. The number of hydrogen-bond donors (Lipinski definition) is 3. The van der Waals surface area contributed by atoms with Crippen LogP contribution < -0.4 is 16.4 Å². The molecule has 7 nitrogen and oxygen atoms in total. The zero-order valence-corrected chi connectivity index (χ0v) is 15.2. The number of rotatable bonds is 5. The van der Waals surface area contributed by atoms with E-state index >= 15 is 0 Å². The molecule has 138 valence electrons. The Bertz CT molecular complexity index is 1160. The fourth-order valence-corrected chi connectivity index (χ4v) is 2.94. The lowest BCUT2D eigenvalue weighted by Crippen LogP contribution is -2.13. The Morgan fingerprint density at radius 1 is 1.04 bits per heavy atom. The quantitative estimate of drug-likeness (QED) is 0.496. The van der Waals surface area contributed by atoms with Gasteiger partial charge in [-0.1, -0.05) is 12.1 Å². The molecule has 0 saturated carbocycles. The number of benzene rings is 2. The maximum atomic E-state index is 11.8. The van der Waals surface area contributed by atoms with Gasteiger partial charge in [-0.25, -0.2) is 9.97 Å². The van der Waals surface area contributed by atoms with Gasteiger partial charge < -0.3 is 16.4 Å². The van der Waals surface area contributed by atoms with Crippen LogP contribution in [-0.2, 0) is 0 Å². The summed E-state index contributed by atoms with van der Waals surface area (Å²) >= 11 is 0. The van der Waals surface area contributed by atoms with Crippen LogP contribution in [0.2, 0.25) is 0 Å². The molecule has 0 radical (unpaired) electrons. The van der Waals surface area contributed by atoms with Gasteiger partial charge >= 0.3 is 0 Å². The van der Waals surface area contributed by atoms with Crippen molar-refractivity contribution < 1.29 is 4.79 Å². The summed E-state index contributed by atoms with van der Waals surface area (Å²) in [5.41, 5.74) is 8.99. The molecule has 0 aliphatic rings. The predicted molar refractivity (Wildman–Crippen MR) is 111 cm³/mol. The van der Waals surface area contributed by atoms with E-state index < -0.39 is 5.91 Å². The lowest BCUT2D eigenvalue weighted by molar-refractivity contribution is 0.100. The third kappa shape index (κ3) is 3.33. The van der Waals surface area contributed by atoms with Gasteiger partial charge in [0.15, 0.2) is 5.82 Å². The van der Waals surface area contributed by atoms with Gasteiger partial charge in [0.1, 0.15) is 5.82 Å². The number of hydrogen-bond acceptors (Lipinski definition) is 6. The van der Waals surface area contributed by atoms with Crippen LogP contribution in [0.15, 0.2) is 67.0 Å². The number of nitrogens with zero attached hydrogens (tertiary/aromatic N) is 3. The second-order valence-electron chi connectivity index (χ2n) is 6.15. The number of aromatic nitrogens is 3. The molecule has 0 saturated heterocycles. The molecule has 0 unspecified atom stereocenters. The van der Waals surface area contributed by atoms with Crippen LogP contribution in [0.4, 0.5) is 17.2 Å². The number of anilines is 3. The van der Waals surface area contributed by atoms with Crippen molar-refractivity contribution in [1.29, 1.82) is 0 Å². The second kappa shape index (κ2) is 7.32. The minimum absolute atomic E-state index is 0.393. The number of nitrogens with one attached hydrogen (secondary N) is 2. The van der Waals surface area contributed by atoms with Crippen LogP contribution in [-0.4, -0.2) is 27.9 Å². The van der Waals surface area contributed by atoms with Crippen molar-refractivity contribution in [3.8, 4) is 11.4 Å². The Kier molecular flexibility index (Phi) is 4.55. The Labute approximate surface area is 161 Å². The molecule has 0 bridgehead atoms. The summed E-state index contributed by atoms with van der Waals surface area (Å²) in [6, 6.07) is 16.6. The average molecular weight is 370 g/mol. The van der Waals surface area contributed by atoms with Gasteiger partial charge in [-0.05, 0) is 42.5 Å².